The van der Waals surface area contributed by atoms with Gasteiger partial charge in [0, 0.05) is 57.0 Å². The van der Waals surface area contributed by atoms with Gasteiger partial charge in [-0.3, -0.25) is 14.5 Å². The molecule has 0 unspecified atom stereocenters. The van der Waals surface area contributed by atoms with Crippen LogP contribution in [0, 0.1) is 11.2 Å². The van der Waals surface area contributed by atoms with Crippen LogP contribution >= 0.6 is 0 Å². The van der Waals surface area contributed by atoms with Gasteiger partial charge in [-0.2, -0.15) is 0 Å². The summed E-state index contributed by atoms with van der Waals surface area (Å²) in [4.78, 5) is 42.9. The van der Waals surface area contributed by atoms with E-state index in [2.05, 4.69) is 32.1 Å². The number of ether oxygens (including phenoxy) is 1. The maximum atomic E-state index is 13.3. The minimum absolute atomic E-state index is 0.0959. The molecule has 1 aromatic rings. The number of piperidine rings is 1. The third-order valence-electron chi connectivity index (χ3n) is 7.76. The van der Waals surface area contributed by atoms with Crippen LogP contribution in [0.2, 0.25) is 0 Å². The van der Waals surface area contributed by atoms with Crippen LogP contribution < -0.4 is 15.5 Å². The lowest BCUT2D eigenvalue weighted by molar-refractivity contribution is -0.137. The van der Waals surface area contributed by atoms with Crippen LogP contribution in [0.15, 0.2) is 24.3 Å². The number of rotatable bonds is 6. The maximum absolute atomic E-state index is 13.3. The van der Waals surface area contributed by atoms with Gasteiger partial charge in [0.25, 0.3) is 0 Å². The number of methoxy groups -OCH3 is 1. The Kier molecular flexibility index (Phi) is 7.78. The van der Waals surface area contributed by atoms with E-state index in [9.17, 15) is 18.8 Å². The molecule has 9 nitrogen and oxygen atoms in total. The molecule has 0 saturated carbocycles. The Morgan fingerprint density at radius 2 is 1.89 bits per heavy atom. The van der Waals surface area contributed by atoms with Gasteiger partial charge in [-0.05, 0) is 56.9 Å². The summed E-state index contributed by atoms with van der Waals surface area (Å²) in [5.41, 5.74) is 0.653. The number of alkyl carbamates (subject to hydrolysis) is 1. The van der Waals surface area contributed by atoms with Crippen LogP contribution in [-0.2, 0) is 14.3 Å². The number of piperazine rings is 1. The van der Waals surface area contributed by atoms with Crippen molar-refractivity contribution in [3.63, 3.8) is 0 Å². The number of benzene rings is 1. The quantitative estimate of drug-likeness (QED) is 0.630. The highest BCUT2D eigenvalue weighted by Crippen LogP contribution is 2.41. The number of halogens is 1. The first-order valence-electron chi connectivity index (χ1n) is 12.4. The number of amides is 3. The SMILES string of the molecule is COC(=O)NCC(=O)N1CCC2(CC1)C[C@H](CCN1CCN(c3ccc(F)cc3)[C@@H](C)C1)NC2=O. The molecular weight excluding hydrogens is 453 g/mol. The van der Waals surface area contributed by atoms with E-state index in [0.29, 0.717) is 32.0 Å². The van der Waals surface area contributed by atoms with Crippen molar-refractivity contribution in [2.24, 2.45) is 5.41 Å². The predicted octanol–water partition coefficient (Wildman–Crippen LogP) is 1.58. The van der Waals surface area contributed by atoms with Gasteiger partial charge in [0.1, 0.15) is 12.4 Å². The van der Waals surface area contributed by atoms with Gasteiger partial charge < -0.3 is 25.2 Å². The van der Waals surface area contributed by atoms with Crippen LogP contribution in [0.25, 0.3) is 0 Å². The van der Waals surface area contributed by atoms with Crippen molar-refractivity contribution in [2.75, 3.05) is 57.8 Å². The van der Waals surface area contributed by atoms with Gasteiger partial charge in [-0.1, -0.05) is 0 Å². The minimum atomic E-state index is -0.629. The topological polar surface area (TPSA) is 94.2 Å². The molecule has 0 aliphatic carbocycles. The Labute approximate surface area is 205 Å². The average molecular weight is 490 g/mol. The lowest BCUT2D eigenvalue weighted by Gasteiger charge is -2.41. The second-order valence-corrected chi connectivity index (χ2v) is 9.99. The first-order valence-corrected chi connectivity index (χ1v) is 12.4. The summed E-state index contributed by atoms with van der Waals surface area (Å²) in [6.45, 7) is 6.81. The molecule has 1 aromatic carbocycles. The molecule has 192 valence electrons. The fraction of sp³-hybridized carbons (Fsp3) is 0.640. The molecule has 0 bridgehead atoms. The largest absolute Gasteiger partial charge is 0.453 e. The van der Waals surface area contributed by atoms with Crippen molar-refractivity contribution in [3.05, 3.63) is 30.1 Å². The zero-order valence-corrected chi connectivity index (χ0v) is 20.6. The number of nitrogens with one attached hydrogen (secondary N) is 2. The van der Waals surface area contributed by atoms with Gasteiger partial charge in [-0.15, -0.1) is 0 Å². The predicted molar refractivity (Wildman–Crippen MR) is 129 cm³/mol. The highest BCUT2D eigenvalue weighted by atomic mass is 19.1. The minimum Gasteiger partial charge on any atom is -0.453 e. The van der Waals surface area contributed by atoms with Crippen LogP contribution in [0.1, 0.15) is 32.6 Å². The summed E-state index contributed by atoms with van der Waals surface area (Å²) in [5, 5.41) is 5.63. The molecule has 1 spiro atoms. The van der Waals surface area contributed by atoms with Gasteiger partial charge in [-0.25, -0.2) is 9.18 Å². The van der Waals surface area contributed by atoms with E-state index in [1.807, 2.05) is 12.1 Å². The van der Waals surface area contributed by atoms with Gasteiger partial charge >= 0.3 is 6.09 Å². The molecule has 35 heavy (non-hydrogen) atoms. The molecule has 3 saturated heterocycles. The van der Waals surface area contributed by atoms with Crippen molar-refractivity contribution in [2.45, 2.75) is 44.7 Å². The van der Waals surface area contributed by atoms with Gasteiger partial charge in [0.15, 0.2) is 0 Å². The smallest absolute Gasteiger partial charge is 0.407 e. The second kappa shape index (κ2) is 10.8. The first-order chi connectivity index (χ1) is 16.8. The maximum Gasteiger partial charge on any atom is 0.407 e. The zero-order chi connectivity index (χ0) is 25.0. The summed E-state index contributed by atoms with van der Waals surface area (Å²) in [6, 6.07) is 7.16. The van der Waals surface area contributed by atoms with E-state index in [-0.39, 0.29) is 30.2 Å². The molecule has 4 rings (SSSR count). The standard InChI is InChI=1S/C25H36FN5O4/c1-18-17-29(13-14-31(18)21-5-3-19(26)4-6-21)10-7-20-15-25(23(33)28-20)8-11-30(12-9-25)22(32)16-27-24(34)35-2/h3-6,18,20H,7-17H2,1-2H3,(H,27,34)(H,28,33)/t18-,20-/m0/s1. The fourth-order valence-electron chi connectivity index (χ4n) is 5.67. The van der Waals surface area contributed by atoms with Crippen molar-refractivity contribution >= 4 is 23.6 Å². The molecule has 3 aliphatic heterocycles. The lowest BCUT2D eigenvalue weighted by Crippen LogP contribution is -2.52. The van der Waals surface area contributed by atoms with E-state index < -0.39 is 11.5 Å². The first kappa shape index (κ1) is 25.2. The van der Waals surface area contributed by atoms with Crippen LogP contribution in [-0.4, -0.2) is 92.7 Å². The van der Waals surface area contributed by atoms with Crippen molar-refractivity contribution in [1.82, 2.24) is 20.4 Å². The highest BCUT2D eigenvalue weighted by molar-refractivity contribution is 5.86. The second-order valence-electron chi connectivity index (χ2n) is 9.99. The number of nitrogens with zero attached hydrogens (tertiary/aromatic N) is 3. The Hall–Kier alpha value is -2.88. The molecule has 10 heteroatoms. The molecule has 2 atom stereocenters. The molecular formula is C25H36FN5O4. The number of hydrogen-bond donors (Lipinski definition) is 2. The van der Waals surface area contributed by atoms with E-state index in [4.69, 9.17) is 0 Å². The summed E-state index contributed by atoms with van der Waals surface area (Å²) in [5.74, 6) is -0.268. The fourth-order valence-corrected chi connectivity index (χ4v) is 5.67. The van der Waals surface area contributed by atoms with Crippen molar-refractivity contribution < 1.29 is 23.5 Å². The molecule has 3 aliphatic rings. The Morgan fingerprint density at radius 1 is 1.17 bits per heavy atom. The monoisotopic (exact) mass is 489 g/mol. The molecule has 3 heterocycles. The van der Waals surface area contributed by atoms with Gasteiger partial charge in [0.2, 0.25) is 11.8 Å². The molecule has 3 fully saturated rings. The highest BCUT2D eigenvalue weighted by Gasteiger charge is 2.48. The molecule has 0 aromatic heterocycles. The Balaban J connectivity index is 1.21. The normalized spacial score (nSPS) is 24.4. The summed E-state index contributed by atoms with van der Waals surface area (Å²) in [6.07, 6.45) is 2.37. The number of carbonyl (C=O) groups is 3. The Bertz CT molecular complexity index is 919. The average Bonchev–Trinajstić information content (AvgIpc) is 3.16. The number of anilines is 1. The van der Waals surface area contributed by atoms with Crippen LogP contribution in [0.3, 0.4) is 0 Å². The molecule has 2 N–H and O–H groups in total. The Morgan fingerprint density at radius 3 is 2.54 bits per heavy atom. The van der Waals surface area contributed by atoms with E-state index in [1.165, 1.54) is 19.2 Å². The van der Waals surface area contributed by atoms with E-state index in [1.54, 1.807) is 4.90 Å². The lowest BCUT2D eigenvalue weighted by atomic mass is 9.75. The van der Waals surface area contributed by atoms with Crippen molar-refractivity contribution in [3.8, 4) is 0 Å². The van der Waals surface area contributed by atoms with Gasteiger partial charge in [0.05, 0.1) is 12.5 Å². The van der Waals surface area contributed by atoms with Crippen molar-refractivity contribution in [1.29, 1.82) is 0 Å². The number of likely N-dealkylation sites (tertiary alicyclic amines) is 1. The molecule has 3 amide bonds. The zero-order valence-electron chi connectivity index (χ0n) is 20.6. The van der Waals surface area contributed by atoms with Crippen LogP contribution in [0.4, 0.5) is 14.9 Å². The summed E-state index contributed by atoms with van der Waals surface area (Å²) in [7, 11) is 1.26. The summed E-state index contributed by atoms with van der Waals surface area (Å²) < 4.78 is 17.8. The van der Waals surface area contributed by atoms with E-state index >= 15 is 0 Å². The van der Waals surface area contributed by atoms with Crippen LogP contribution in [0.5, 0.6) is 0 Å². The third kappa shape index (κ3) is 5.86. The number of hydrogen-bond acceptors (Lipinski definition) is 6. The number of carbonyl (C=O) groups excluding carboxylic acids is 3. The summed E-state index contributed by atoms with van der Waals surface area (Å²) >= 11 is 0. The van der Waals surface area contributed by atoms with E-state index in [0.717, 1.165) is 44.7 Å². The third-order valence-corrected chi connectivity index (χ3v) is 7.76. The molecule has 0 radical (unpaired) electrons.